The number of rotatable bonds is 4. The molecule has 1 heterocycles. The fraction of sp³-hybridized carbons (Fsp3) is 0.357. The van der Waals surface area contributed by atoms with Gasteiger partial charge in [-0.2, -0.15) is 5.10 Å². The Morgan fingerprint density at radius 3 is 2.62 bits per heavy atom. The second-order valence-corrected chi connectivity index (χ2v) is 5.70. The Morgan fingerprint density at radius 2 is 2.05 bits per heavy atom. The summed E-state index contributed by atoms with van der Waals surface area (Å²) in [7, 11) is 0. The monoisotopic (exact) mass is 326 g/mol. The van der Waals surface area contributed by atoms with Crippen LogP contribution in [-0.4, -0.2) is 20.7 Å². The lowest BCUT2D eigenvalue weighted by molar-refractivity contribution is -0.116. The van der Waals surface area contributed by atoms with Gasteiger partial charge in [-0.1, -0.05) is 23.2 Å². The average Bonchev–Trinajstić information content (AvgIpc) is 2.73. The molecule has 1 amide bonds. The van der Waals surface area contributed by atoms with Crippen LogP contribution in [0, 0.1) is 13.8 Å². The van der Waals surface area contributed by atoms with Gasteiger partial charge >= 0.3 is 0 Å². The summed E-state index contributed by atoms with van der Waals surface area (Å²) in [6.45, 7) is 5.62. The highest BCUT2D eigenvalue weighted by molar-refractivity contribution is 6.42. The molecule has 7 heteroatoms. The molecular weight excluding hydrogens is 311 g/mol. The van der Waals surface area contributed by atoms with Crippen LogP contribution in [0.2, 0.25) is 10.0 Å². The number of hydrogen-bond donors (Lipinski definition) is 1. The largest absolute Gasteiger partial charge is 0.326 e. The van der Waals surface area contributed by atoms with Gasteiger partial charge in [0, 0.05) is 12.1 Å². The number of carbonyl (C=O) groups excluding carboxylic acids is 1. The molecule has 0 fully saturated rings. The van der Waals surface area contributed by atoms with Crippen LogP contribution in [0.1, 0.15) is 31.0 Å². The van der Waals surface area contributed by atoms with Crippen molar-refractivity contribution in [1.82, 2.24) is 14.8 Å². The van der Waals surface area contributed by atoms with Crippen molar-refractivity contribution in [2.45, 2.75) is 33.2 Å². The number of anilines is 1. The molecule has 21 heavy (non-hydrogen) atoms. The van der Waals surface area contributed by atoms with Crippen molar-refractivity contribution in [2.75, 3.05) is 5.32 Å². The van der Waals surface area contributed by atoms with E-state index in [1.54, 1.807) is 22.9 Å². The van der Waals surface area contributed by atoms with Crippen LogP contribution in [0.25, 0.3) is 0 Å². The number of benzene rings is 1. The van der Waals surface area contributed by atoms with Crippen molar-refractivity contribution in [1.29, 1.82) is 0 Å². The number of nitrogens with zero attached hydrogens (tertiary/aromatic N) is 3. The first-order valence-electron chi connectivity index (χ1n) is 6.51. The van der Waals surface area contributed by atoms with Gasteiger partial charge in [0.15, 0.2) is 0 Å². The van der Waals surface area contributed by atoms with E-state index < -0.39 is 0 Å². The number of aryl methyl sites for hydroxylation is 2. The molecule has 0 spiro atoms. The third-order valence-corrected chi connectivity index (χ3v) is 3.75. The second-order valence-electron chi connectivity index (χ2n) is 4.88. The first-order valence-corrected chi connectivity index (χ1v) is 7.27. The number of halogens is 2. The van der Waals surface area contributed by atoms with E-state index in [0.717, 1.165) is 5.82 Å². The number of nitrogens with one attached hydrogen (secondary N) is 1. The van der Waals surface area contributed by atoms with Gasteiger partial charge in [0.25, 0.3) is 0 Å². The summed E-state index contributed by atoms with van der Waals surface area (Å²) in [6.07, 6.45) is 0.296. The van der Waals surface area contributed by atoms with Crippen molar-refractivity contribution in [2.24, 2.45) is 0 Å². The number of aromatic nitrogens is 3. The summed E-state index contributed by atoms with van der Waals surface area (Å²) in [5, 5.41) is 7.94. The van der Waals surface area contributed by atoms with Crippen LogP contribution in [0.15, 0.2) is 18.2 Å². The fourth-order valence-electron chi connectivity index (χ4n) is 2.09. The Hall–Kier alpha value is -1.59. The van der Waals surface area contributed by atoms with E-state index in [9.17, 15) is 4.79 Å². The number of carbonyl (C=O) groups is 1. The van der Waals surface area contributed by atoms with Gasteiger partial charge in [-0.3, -0.25) is 4.79 Å². The summed E-state index contributed by atoms with van der Waals surface area (Å²) < 4.78 is 1.75. The van der Waals surface area contributed by atoms with Gasteiger partial charge in [-0.25, -0.2) is 9.67 Å². The highest BCUT2D eigenvalue weighted by Gasteiger charge is 2.15. The van der Waals surface area contributed by atoms with Crippen LogP contribution < -0.4 is 5.32 Å². The average molecular weight is 327 g/mol. The van der Waals surface area contributed by atoms with E-state index in [1.807, 2.05) is 20.8 Å². The van der Waals surface area contributed by atoms with Crippen molar-refractivity contribution < 1.29 is 4.79 Å². The molecule has 2 aromatic rings. The van der Waals surface area contributed by atoms with Crippen molar-refractivity contribution in [3.63, 3.8) is 0 Å². The van der Waals surface area contributed by atoms with Crippen LogP contribution >= 0.6 is 23.2 Å². The van der Waals surface area contributed by atoms with E-state index in [2.05, 4.69) is 15.4 Å². The Morgan fingerprint density at radius 1 is 1.33 bits per heavy atom. The maximum absolute atomic E-state index is 12.1. The zero-order valence-electron chi connectivity index (χ0n) is 12.0. The minimum atomic E-state index is -0.117. The van der Waals surface area contributed by atoms with Crippen LogP contribution in [0.3, 0.4) is 0 Å². The molecule has 2 rings (SSSR count). The summed E-state index contributed by atoms with van der Waals surface area (Å²) in [4.78, 5) is 16.3. The molecule has 1 aromatic carbocycles. The molecule has 5 nitrogen and oxygen atoms in total. The summed E-state index contributed by atoms with van der Waals surface area (Å²) in [5.41, 5.74) is 0.619. The van der Waals surface area contributed by atoms with Crippen LogP contribution in [0.4, 0.5) is 5.69 Å². The predicted octanol–water partition coefficient (Wildman–Crippen LogP) is 3.79. The first-order chi connectivity index (χ1) is 9.86. The minimum absolute atomic E-state index is 0.0750. The fourth-order valence-corrected chi connectivity index (χ4v) is 2.39. The van der Waals surface area contributed by atoms with Crippen molar-refractivity contribution in [3.8, 4) is 0 Å². The molecule has 0 bridgehead atoms. The summed E-state index contributed by atoms with van der Waals surface area (Å²) in [5.74, 6) is 1.38. The molecule has 112 valence electrons. The highest BCUT2D eigenvalue weighted by atomic mass is 35.5. The topological polar surface area (TPSA) is 59.8 Å². The maximum atomic E-state index is 12.1. The van der Waals surface area contributed by atoms with E-state index in [1.165, 1.54) is 0 Å². The number of hydrogen-bond acceptors (Lipinski definition) is 3. The third kappa shape index (κ3) is 3.95. The molecule has 1 aromatic heterocycles. The lowest BCUT2D eigenvalue weighted by atomic mass is 10.2. The predicted molar refractivity (Wildman–Crippen MR) is 83.9 cm³/mol. The molecule has 0 saturated carbocycles. The molecule has 0 radical (unpaired) electrons. The zero-order valence-corrected chi connectivity index (χ0v) is 13.5. The Labute approximate surface area is 133 Å². The standard InChI is InChI=1S/C14H16Cl2N4O/c1-8(20-10(3)17-9(2)19-20)6-14(21)18-11-4-5-12(15)13(16)7-11/h4-5,7-8H,6H2,1-3H3,(H,18,21)/t8-/m1/s1. The molecule has 0 unspecified atom stereocenters. The molecule has 0 aliphatic rings. The first kappa shape index (κ1) is 15.8. The normalized spacial score (nSPS) is 12.2. The lowest BCUT2D eigenvalue weighted by Crippen LogP contribution is -2.19. The lowest BCUT2D eigenvalue weighted by Gasteiger charge is -2.13. The Bertz CT molecular complexity index is 669. The summed E-state index contributed by atoms with van der Waals surface area (Å²) >= 11 is 11.8. The molecular formula is C14H16Cl2N4O. The van der Waals surface area contributed by atoms with Gasteiger partial charge in [0.05, 0.1) is 16.1 Å². The molecule has 0 aliphatic carbocycles. The van der Waals surface area contributed by atoms with Gasteiger partial charge in [-0.15, -0.1) is 0 Å². The van der Waals surface area contributed by atoms with E-state index >= 15 is 0 Å². The van der Waals surface area contributed by atoms with E-state index in [4.69, 9.17) is 23.2 Å². The molecule has 0 aliphatic heterocycles. The molecule has 1 atom stereocenters. The Balaban J connectivity index is 2.01. The second kappa shape index (κ2) is 6.45. The van der Waals surface area contributed by atoms with Gasteiger partial charge < -0.3 is 5.32 Å². The van der Waals surface area contributed by atoms with E-state index in [-0.39, 0.29) is 11.9 Å². The van der Waals surface area contributed by atoms with Gasteiger partial charge in [0.1, 0.15) is 11.6 Å². The maximum Gasteiger partial charge on any atom is 0.226 e. The number of amides is 1. The van der Waals surface area contributed by atoms with Crippen molar-refractivity contribution in [3.05, 3.63) is 39.9 Å². The van der Waals surface area contributed by atoms with Crippen molar-refractivity contribution >= 4 is 34.8 Å². The minimum Gasteiger partial charge on any atom is -0.326 e. The molecule has 0 saturated heterocycles. The zero-order chi connectivity index (χ0) is 15.6. The smallest absolute Gasteiger partial charge is 0.226 e. The highest BCUT2D eigenvalue weighted by Crippen LogP contribution is 2.25. The van der Waals surface area contributed by atoms with E-state index in [0.29, 0.717) is 28.0 Å². The van der Waals surface area contributed by atoms with Crippen LogP contribution in [0.5, 0.6) is 0 Å². The van der Waals surface area contributed by atoms with Crippen LogP contribution in [-0.2, 0) is 4.79 Å². The quantitative estimate of drug-likeness (QED) is 0.929. The van der Waals surface area contributed by atoms with Gasteiger partial charge in [0.2, 0.25) is 5.91 Å². The Kier molecular flexibility index (Phi) is 4.85. The summed E-state index contributed by atoms with van der Waals surface area (Å²) in [6, 6.07) is 4.90. The molecule has 1 N–H and O–H groups in total. The third-order valence-electron chi connectivity index (χ3n) is 3.01. The van der Waals surface area contributed by atoms with Gasteiger partial charge in [-0.05, 0) is 39.0 Å². The SMILES string of the molecule is Cc1nc(C)n([C@H](C)CC(=O)Nc2ccc(Cl)c(Cl)c2)n1.